The van der Waals surface area contributed by atoms with Crippen LogP contribution in [0.15, 0.2) is 22.7 Å². The van der Waals surface area contributed by atoms with E-state index in [2.05, 4.69) is 15.9 Å². The van der Waals surface area contributed by atoms with E-state index in [9.17, 15) is 9.18 Å². The molecule has 0 radical (unpaired) electrons. The Morgan fingerprint density at radius 1 is 1.53 bits per heavy atom. The first-order valence-corrected chi connectivity index (χ1v) is 6.82. The van der Waals surface area contributed by atoms with E-state index in [0.29, 0.717) is 18.8 Å². The van der Waals surface area contributed by atoms with Crippen LogP contribution in [0, 0.1) is 11.7 Å². The van der Waals surface area contributed by atoms with Crippen LogP contribution in [0.3, 0.4) is 0 Å². The van der Waals surface area contributed by atoms with Crippen LogP contribution in [0.5, 0.6) is 0 Å². The molecule has 2 saturated heterocycles. The summed E-state index contributed by atoms with van der Waals surface area (Å²) in [6.07, 6.45) is 0. The number of fused-ring (bicyclic) bond motifs is 1. The lowest BCUT2D eigenvalue weighted by atomic mass is 9.81. The standard InChI is InChI=1S/C13H13BrFNO3/c1-8(17)16-13(7-18-5-9(13)6-19-16)11-4-10(14)2-3-12(11)15/h2-4,9H,5-7H2,1H3/t9?,13-/m0/s1. The van der Waals surface area contributed by atoms with Crippen LogP contribution in [-0.2, 0) is 19.9 Å². The second-order valence-corrected chi connectivity index (χ2v) is 5.79. The topological polar surface area (TPSA) is 38.8 Å². The summed E-state index contributed by atoms with van der Waals surface area (Å²) in [7, 11) is 0. The van der Waals surface area contributed by atoms with Crippen LogP contribution in [0.1, 0.15) is 12.5 Å². The smallest absolute Gasteiger partial charge is 0.243 e. The zero-order valence-corrected chi connectivity index (χ0v) is 11.9. The summed E-state index contributed by atoms with van der Waals surface area (Å²) in [5.74, 6) is -0.636. The molecule has 2 heterocycles. The molecule has 0 spiro atoms. The Morgan fingerprint density at radius 3 is 3.05 bits per heavy atom. The number of rotatable bonds is 1. The Hall–Kier alpha value is -0.980. The Bertz CT molecular complexity index is 539. The van der Waals surface area contributed by atoms with Crippen molar-refractivity contribution in [3.8, 4) is 0 Å². The van der Waals surface area contributed by atoms with Gasteiger partial charge >= 0.3 is 0 Å². The minimum Gasteiger partial charge on any atom is -0.378 e. The van der Waals surface area contributed by atoms with Crippen molar-refractivity contribution >= 4 is 21.8 Å². The van der Waals surface area contributed by atoms with Crippen LogP contribution in [-0.4, -0.2) is 30.8 Å². The third kappa shape index (κ3) is 1.81. The molecule has 2 aliphatic rings. The molecule has 0 bridgehead atoms. The second-order valence-electron chi connectivity index (χ2n) is 4.87. The summed E-state index contributed by atoms with van der Waals surface area (Å²) in [4.78, 5) is 17.2. The number of carbonyl (C=O) groups excluding carboxylic acids is 1. The normalized spacial score (nSPS) is 29.6. The van der Waals surface area contributed by atoms with Gasteiger partial charge in [-0.05, 0) is 18.2 Å². The van der Waals surface area contributed by atoms with Gasteiger partial charge in [0.05, 0.1) is 19.8 Å². The van der Waals surface area contributed by atoms with Crippen LogP contribution in [0.2, 0.25) is 0 Å². The lowest BCUT2D eigenvalue weighted by Crippen LogP contribution is -2.47. The van der Waals surface area contributed by atoms with E-state index in [4.69, 9.17) is 9.57 Å². The van der Waals surface area contributed by atoms with Crippen LogP contribution in [0.25, 0.3) is 0 Å². The maximum Gasteiger partial charge on any atom is 0.243 e. The Labute approximate surface area is 118 Å². The minimum atomic E-state index is -0.848. The molecule has 1 unspecified atom stereocenters. The number of ether oxygens (including phenoxy) is 1. The third-order valence-electron chi connectivity index (χ3n) is 3.76. The van der Waals surface area contributed by atoms with Crippen molar-refractivity contribution in [3.63, 3.8) is 0 Å². The lowest BCUT2D eigenvalue weighted by Gasteiger charge is -2.34. The fraction of sp³-hybridized carbons (Fsp3) is 0.462. The number of halogens is 2. The number of hydrogen-bond donors (Lipinski definition) is 0. The van der Waals surface area contributed by atoms with Crippen molar-refractivity contribution in [2.45, 2.75) is 12.5 Å². The van der Waals surface area contributed by atoms with E-state index >= 15 is 0 Å². The van der Waals surface area contributed by atoms with Crippen LogP contribution in [0.4, 0.5) is 4.39 Å². The molecule has 3 rings (SSSR count). The number of nitrogens with zero attached hydrogens (tertiary/aromatic N) is 1. The highest BCUT2D eigenvalue weighted by atomic mass is 79.9. The molecule has 0 N–H and O–H groups in total. The Balaban J connectivity index is 2.17. The van der Waals surface area contributed by atoms with Gasteiger partial charge in [-0.3, -0.25) is 9.63 Å². The molecule has 0 saturated carbocycles. The van der Waals surface area contributed by atoms with Crippen molar-refractivity contribution < 1.29 is 18.8 Å². The van der Waals surface area contributed by atoms with Gasteiger partial charge in [-0.2, -0.15) is 0 Å². The molecule has 1 amide bonds. The van der Waals surface area contributed by atoms with Crippen LogP contribution < -0.4 is 0 Å². The number of carbonyl (C=O) groups is 1. The predicted octanol–water partition coefficient (Wildman–Crippen LogP) is 2.22. The molecule has 2 fully saturated rings. The third-order valence-corrected chi connectivity index (χ3v) is 4.26. The largest absolute Gasteiger partial charge is 0.378 e. The van der Waals surface area contributed by atoms with Gasteiger partial charge in [0.1, 0.15) is 11.4 Å². The highest BCUT2D eigenvalue weighted by Crippen LogP contribution is 2.47. The van der Waals surface area contributed by atoms with Crippen molar-refractivity contribution in [1.29, 1.82) is 0 Å². The molecule has 0 aromatic heterocycles. The zero-order valence-electron chi connectivity index (χ0n) is 10.4. The molecule has 1 aromatic rings. The van der Waals surface area contributed by atoms with Gasteiger partial charge in [-0.15, -0.1) is 0 Å². The fourth-order valence-corrected chi connectivity index (χ4v) is 3.27. The summed E-state index contributed by atoms with van der Waals surface area (Å²) in [5, 5.41) is 1.27. The van der Waals surface area contributed by atoms with Crippen molar-refractivity contribution in [3.05, 3.63) is 34.1 Å². The maximum atomic E-state index is 14.2. The predicted molar refractivity (Wildman–Crippen MR) is 68.6 cm³/mol. The average molecular weight is 330 g/mol. The molecule has 2 atom stereocenters. The van der Waals surface area contributed by atoms with E-state index in [1.54, 1.807) is 12.1 Å². The van der Waals surface area contributed by atoms with Crippen LogP contribution >= 0.6 is 15.9 Å². The first-order chi connectivity index (χ1) is 9.05. The van der Waals surface area contributed by atoms with E-state index in [-0.39, 0.29) is 24.2 Å². The molecule has 1 aromatic carbocycles. The Morgan fingerprint density at radius 2 is 2.32 bits per heavy atom. The fourth-order valence-electron chi connectivity index (χ4n) is 2.91. The molecule has 0 aliphatic carbocycles. The van der Waals surface area contributed by atoms with E-state index < -0.39 is 5.54 Å². The summed E-state index contributed by atoms with van der Waals surface area (Å²) < 4.78 is 20.5. The highest BCUT2D eigenvalue weighted by Gasteiger charge is 2.58. The van der Waals surface area contributed by atoms with Gasteiger partial charge in [0.25, 0.3) is 0 Å². The van der Waals surface area contributed by atoms with E-state index in [1.165, 1.54) is 18.1 Å². The summed E-state index contributed by atoms with van der Waals surface area (Å²) >= 11 is 3.34. The quantitative estimate of drug-likeness (QED) is 0.793. The second kappa shape index (κ2) is 4.54. The molecular weight excluding hydrogens is 317 g/mol. The summed E-state index contributed by atoms with van der Waals surface area (Å²) in [6, 6.07) is 4.72. The van der Waals surface area contributed by atoms with Gasteiger partial charge < -0.3 is 4.74 Å². The van der Waals surface area contributed by atoms with Crippen molar-refractivity contribution in [1.82, 2.24) is 5.06 Å². The van der Waals surface area contributed by atoms with E-state index in [0.717, 1.165) is 4.47 Å². The molecule has 102 valence electrons. The first-order valence-electron chi connectivity index (χ1n) is 6.02. The van der Waals surface area contributed by atoms with Gasteiger partial charge in [-0.1, -0.05) is 15.9 Å². The maximum absolute atomic E-state index is 14.2. The van der Waals surface area contributed by atoms with Gasteiger partial charge in [-0.25, -0.2) is 9.45 Å². The van der Waals surface area contributed by atoms with Crippen molar-refractivity contribution in [2.75, 3.05) is 19.8 Å². The minimum absolute atomic E-state index is 0.0415. The monoisotopic (exact) mass is 329 g/mol. The highest BCUT2D eigenvalue weighted by molar-refractivity contribution is 9.10. The zero-order chi connectivity index (χ0) is 13.6. The van der Waals surface area contributed by atoms with Gasteiger partial charge in [0.2, 0.25) is 5.91 Å². The van der Waals surface area contributed by atoms with Gasteiger partial charge in [0.15, 0.2) is 0 Å². The number of hydroxylamine groups is 2. The SMILES string of the molecule is CC(=O)N1OCC2COC[C@@]21c1cc(Br)ccc1F. The molecule has 6 heteroatoms. The number of amides is 1. The average Bonchev–Trinajstić information content (AvgIpc) is 2.90. The lowest BCUT2D eigenvalue weighted by molar-refractivity contribution is -0.193. The summed E-state index contributed by atoms with van der Waals surface area (Å²) in [6.45, 7) is 2.50. The molecule has 2 aliphatic heterocycles. The van der Waals surface area contributed by atoms with Gasteiger partial charge in [0, 0.05) is 22.9 Å². The summed E-state index contributed by atoms with van der Waals surface area (Å²) in [5.41, 5.74) is -0.406. The Kier molecular flexibility index (Phi) is 3.11. The molecular formula is C13H13BrFNO3. The van der Waals surface area contributed by atoms with Crippen molar-refractivity contribution in [2.24, 2.45) is 5.92 Å². The molecule has 4 nitrogen and oxygen atoms in total. The number of benzene rings is 1. The first kappa shape index (κ1) is 13.0. The molecule has 19 heavy (non-hydrogen) atoms. The number of hydrogen-bond acceptors (Lipinski definition) is 3. The van der Waals surface area contributed by atoms with E-state index in [1.807, 2.05) is 0 Å².